The normalized spacial score (nSPS) is 48.3. The van der Waals surface area contributed by atoms with Crippen molar-refractivity contribution in [3.05, 3.63) is 0 Å². The van der Waals surface area contributed by atoms with Gasteiger partial charge in [-0.1, -0.05) is 287 Å². The number of hydrogen-bond acceptors (Lipinski definition) is 0. The average Bonchev–Trinajstić information content (AvgIpc) is 1.54. The average molecular weight is 2170 g/mol. The summed E-state index contributed by atoms with van der Waals surface area (Å²) in [4.78, 5) is 0. The zero-order valence-electron chi connectivity index (χ0n) is 95.9. The first-order valence-electron chi connectivity index (χ1n) is 64.1. The molecule has 0 aromatic carbocycles. The molecule has 24 aliphatic rings. The van der Waals surface area contributed by atoms with Crippen molar-refractivity contribution in [2.24, 2.45) is 225 Å². The molecule has 44 unspecified atom stereocenters. The molecule has 0 aliphatic heterocycles. The Hall–Kier alpha value is 3.19. The van der Waals surface area contributed by atoms with E-state index in [0.717, 1.165) is 234 Å². The predicted octanol–water partition coefficient (Wildman–Crippen LogP) is 44.6. The summed E-state index contributed by atoms with van der Waals surface area (Å²) in [6, 6.07) is 0. The second-order valence-electron chi connectivity index (χ2n) is 61.9. The van der Waals surface area contributed by atoms with Crippen molar-refractivity contribution in [1.29, 1.82) is 0 Å². The number of halogens is 8. The van der Waals surface area contributed by atoms with E-state index in [4.69, 9.17) is 92.8 Å². The van der Waals surface area contributed by atoms with E-state index in [2.05, 4.69) is 93.9 Å². The molecule has 141 heavy (non-hydrogen) atoms. The van der Waals surface area contributed by atoms with Crippen molar-refractivity contribution >= 4 is 125 Å². The molecule has 0 spiro atoms. The van der Waals surface area contributed by atoms with Crippen LogP contribution in [0.3, 0.4) is 0 Å². The molecule has 24 fully saturated rings. The molecule has 24 aliphatic carbocycles. The minimum Gasteiger partial charge on any atom is -0.102 e. The third-order valence-corrected chi connectivity index (χ3v) is 72.4. The van der Waals surface area contributed by atoms with Gasteiger partial charge in [0.2, 0.25) is 0 Å². The molecule has 44 atom stereocenters. The van der Waals surface area contributed by atoms with Crippen LogP contribution in [0.1, 0.15) is 463 Å². The fourth-order valence-electron chi connectivity index (χ4n) is 49.2. The lowest BCUT2D eigenvalue weighted by molar-refractivity contribution is 0.0688. The SMILES string of the molecule is CC(C)(Cl)Cl.CC(C)(Cl)Cl.CC(C)(Cl)Cl.CC(C)(Cl)Cl.CC1CC2C3CCCCC3CCC2C1[Si](C)(C)C1C(C)CC2C3CCCCC3CCC21.CC1CC2C3CCCCC3CCC2C1[Si](C)(C)C1C(C)CC2C3CCCCC3CCC21.CC1CC2CC3CCCC3CC2C1[Si](C)(C)C1C(C)CC2C3CCCCC3CCC21.C[Si](C)(C1C2CCCCC2C2CCCCC21)C1C2CCCCC2C2CCCCC21. The highest BCUT2D eigenvalue weighted by Crippen LogP contribution is 2.76. The summed E-state index contributed by atoms with van der Waals surface area (Å²) in [5, 5.41) is 0. The van der Waals surface area contributed by atoms with Crippen molar-refractivity contribution in [2.75, 3.05) is 0 Å². The lowest BCUT2D eigenvalue weighted by Gasteiger charge is -2.51. The molecule has 24 rings (SSSR count). The summed E-state index contributed by atoms with van der Waals surface area (Å²) in [7, 11) is -5.14. The van der Waals surface area contributed by atoms with Gasteiger partial charge in [-0.25, -0.2) is 0 Å². The third kappa shape index (κ3) is 25.7. The Morgan fingerprint density at radius 2 is 0.291 bits per heavy atom. The van der Waals surface area contributed by atoms with Gasteiger partial charge in [0.05, 0.1) is 32.3 Å². The second-order valence-corrected chi connectivity index (χ2v) is 90.2. The molecule has 24 saturated carbocycles. The summed E-state index contributed by atoms with van der Waals surface area (Å²) in [5.74, 6) is 42.7. The summed E-state index contributed by atoms with van der Waals surface area (Å²) in [6.07, 6.45) is 90.8. The quantitative estimate of drug-likeness (QED) is 0.168. The van der Waals surface area contributed by atoms with Gasteiger partial charge < -0.3 is 0 Å². The largest absolute Gasteiger partial charge is 0.112 e. The van der Waals surface area contributed by atoms with Gasteiger partial charge in [0, 0.05) is 0 Å². The Bertz CT molecular complexity index is 3480. The minimum absolute atomic E-state index is 0.556. The van der Waals surface area contributed by atoms with E-state index >= 15 is 0 Å². The first kappa shape index (κ1) is 115. The van der Waals surface area contributed by atoms with Gasteiger partial charge in [0.25, 0.3) is 0 Å². The molecule has 0 aromatic rings. The van der Waals surface area contributed by atoms with Crippen LogP contribution in [0.2, 0.25) is 96.7 Å². The highest BCUT2D eigenvalue weighted by atomic mass is 35.5. The maximum Gasteiger partial charge on any atom is 0.112 e. The summed E-state index contributed by atoms with van der Waals surface area (Å²) in [5.41, 5.74) is 9.33. The van der Waals surface area contributed by atoms with Crippen LogP contribution in [0, 0.1) is 225 Å². The molecular formula is C129H226Cl8Si4. The zero-order valence-corrected chi connectivity index (χ0v) is 106. The second kappa shape index (κ2) is 47.8. The van der Waals surface area contributed by atoms with Crippen LogP contribution in [0.4, 0.5) is 0 Å². The molecule has 0 radical (unpaired) electrons. The van der Waals surface area contributed by atoms with Crippen molar-refractivity contribution < 1.29 is 0 Å². The van der Waals surface area contributed by atoms with Gasteiger partial charge in [0.15, 0.2) is 0 Å². The maximum absolute atomic E-state index is 5.30. The smallest absolute Gasteiger partial charge is 0.102 e. The zero-order chi connectivity index (χ0) is 101. The minimum atomic E-state index is -1.29. The van der Waals surface area contributed by atoms with Crippen LogP contribution >= 0.6 is 92.8 Å². The molecule has 0 nitrogen and oxygen atoms in total. The van der Waals surface area contributed by atoms with Crippen molar-refractivity contribution in [2.45, 2.75) is 577 Å². The topological polar surface area (TPSA) is 0 Å². The number of fused-ring (bicyclic) bond motifs is 23. The highest BCUT2D eigenvalue weighted by molar-refractivity contribution is 6.82. The third-order valence-electron chi connectivity index (χ3n) is 51.0. The van der Waals surface area contributed by atoms with Crippen LogP contribution in [0.5, 0.6) is 0 Å². The van der Waals surface area contributed by atoms with Gasteiger partial charge >= 0.3 is 0 Å². The van der Waals surface area contributed by atoms with E-state index in [9.17, 15) is 0 Å². The van der Waals surface area contributed by atoms with Crippen molar-refractivity contribution in [3.63, 3.8) is 0 Å². The van der Waals surface area contributed by atoms with E-state index in [1.165, 1.54) is 34.8 Å². The summed E-state index contributed by atoms with van der Waals surface area (Å²) in [6.45, 7) is 53.6. The molecule has 0 N–H and O–H groups in total. The Morgan fingerprint density at radius 3 is 0.511 bits per heavy atom. The molecule has 0 saturated heterocycles. The lowest BCUT2D eigenvalue weighted by Crippen LogP contribution is -2.48. The van der Waals surface area contributed by atoms with Gasteiger partial charge in [-0.05, 0) is 498 Å². The van der Waals surface area contributed by atoms with E-state index in [1.54, 1.807) is 421 Å². The fraction of sp³-hybridized carbons (Fsp3) is 1.00. The molecule has 0 heterocycles. The lowest BCUT2D eigenvalue weighted by atomic mass is 9.62. The molecule has 814 valence electrons. The number of hydrogen-bond donors (Lipinski definition) is 0. The van der Waals surface area contributed by atoms with Crippen LogP contribution in [0.15, 0.2) is 0 Å². The number of alkyl halides is 8. The maximum atomic E-state index is 5.30. The van der Waals surface area contributed by atoms with Crippen LogP contribution in [-0.4, -0.2) is 49.6 Å². The monoisotopic (exact) mass is 2170 g/mol. The molecule has 0 aromatic heterocycles. The van der Waals surface area contributed by atoms with Crippen LogP contribution in [-0.2, 0) is 0 Å². The first-order chi connectivity index (χ1) is 66.6. The Kier molecular flexibility index (Phi) is 39.0. The van der Waals surface area contributed by atoms with Gasteiger partial charge in [0.1, 0.15) is 17.3 Å². The fourth-order valence-corrected chi connectivity index (χ4v) is 75.7. The van der Waals surface area contributed by atoms with E-state index in [-0.39, 0.29) is 0 Å². The standard InChI is InChI=1S/2C30H52Si.C29H50Si.C28H48Si.4C3H6Cl2/c2*1-19-17-27-23-11-7-5-9-21(23)13-15-25(27)29(19)31(3,4)30-20(2)18-28-24-12-8-6-10-22(24)14-16-26(28)30;1-18-14-23-16-21-9-7-10-22(21)17-26(23)29(18)30(3,4)28-19(2)15-27-24-11-6-5-8-20(24)12-13-25(27)28;1-29(2,27-23-15-7-3-11-19(23)20-12-4-8-16-24(20)27)28-25-17-9-5-13-21(25)22-14-6-10-18-26(22)28;4*1-3(2,4)5/h2*19-30H,5-18H2,1-4H3;18-29H,5-17H2,1-4H3;19-28H,3-18H2,1-2H3;4*1-2H3. The van der Waals surface area contributed by atoms with Crippen molar-refractivity contribution in [3.8, 4) is 0 Å². The van der Waals surface area contributed by atoms with Crippen molar-refractivity contribution in [1.82, 2.24) is 0 Å². The Balaban J connectivity index is 0.000000121. The van der Waals surface area contributed by atoms with Crippen LogP contribution in [0.25, 0.3) is 0 Å². The predicted molar refractivity (Wildman–Crippen MR) is 633 cm³/mol. The molecule has 0 bridgehead atoms. The first-order valence-corrected chi connectivity index (χ1v) is 79.7. The van der Waals surface area contributed by atoms with Crippen LogP contribution < -0.4 is 0 Å². The van der Waals surface area contributed by atoms with E-state index in [0.29, 0.717) is 0 Å². The van der Waals surface area contributed by atoms with Gasteiger partial charge in [-0.15, -0.1) is 92.8 Å². The van der Waals surface area contributed by atoms with Gasteiger partial charge in [-0.3, -0.25) is 0 Å². The summed E-state index contributed by atoms with van der Waals surface area (Å²) >= 11 is 42.4. The van der Waals surface area contributed by atoms with E-state index < -0.39 is 49.6 Å². The molecular weight excluding hydrogens is 1950 g/mol. The molecule has 12 heteroatoms. The van der Waals surface area contributed by atoms with E-state index in [1.807, 2.05) is 0 Å². The molecule has 0 amide bonds. The summed E-state index contributed by atoms with van der Waals surface area (Å²) < 4.78 is -2.22. The Morgan fingerprint density at radius 1 is 0.135 bits per heavy atom. The van der Waals surface area contributed by atoms with Gasteiger partial charge in [-0.2, -0.15) is 0 Å². The highest BCUT2D eigenvalue weighted by Gasteiger charge is 2.68. The Labute approximate surface area is 918 Å². The number of rotatable bonds is 8.